The van der Waals surface area contributed by atoms with Crippen molar-refractivity contribution in [1.29, 1.82) is 0 Å². The molecule has 1 aliphatic heterocycles. The molecular formula is C21H34N6OS. The van der Waals surface area contributed by atoms with Gasteiger partial charge >= 0.3 is 0 Å². The van der Waals surface area contributed by atoms with Gasteiger partial charge in [0.05, 0.1) is 12.8 Å². The van der Waals surface area contributed by atoms with E-state index in [2.05, 4.69) is 36.5 Å². The van der Waals surface area contributed by atoms with Crippen LogP contribution in [-0.2, 0) is 4.74 Å². The smallest absolute Gasteiger partial charge is 0.170 e. The molecular weight excluding hydrogens is 384 g/mol. The topological polar surface area (TPSA) is 65.5 Å². The first-order valence-corrected chi connectivity index (χ1v) is 11.2. The minimum absolute atomic E-state index is 0.632. The van der Waals surface area contributed by atoms with Gasteiger partial charge in [-0.3, -0.25) is 4.90 Å². The Kier molecular flexibility index (Phi) is 9.11. The zero-order valence-electron chi connectivity index (χ0n) is 17.5. The molecule has 160 valence electrons. The summed E-state index contributed by atoms with van der Waals surface area (Å²) in [6, 6.07) is 0. The number of thiocarbonyl (C=S) groups is 1. The van der Waals surface area contributed by atoms with Crippen molar-refractivity contribution in [2.24, 2.45) is 0 Å². The number of anilines is 2. The molecule has 2 heterocycles. The molecule has 29 heavy (non-hydrogen) atoms. The molecule has 1 aliphatic carbocycles. The molecule has 0 atom stereocenters. The fourth-order valence-corrected chi connectivity index (χ4v) is 4.03. The highest BCUT2D eigenvalue weighted by molar-refractivity contribution is 7.80. The number of ether oxygens (including phenoxy) is 1. The SMILES string of the molecule is CCOCCN1CCN(c2ncncc2NC(=S)NCCC2=CCCCC2)CC1. The first-order chi connectivity index (χ1) is 14.3. The van der Waals surface area contributed by atoms with Gasteiger partial charge in [-0.1, -0.05) is 11.6 Å². The van der Waals surface area contributed by atoms with Crippen LogP contribution in [0.5, 0.6) is 0 Å². The summed E-state index contributed by atoms with van der Waals surface area (Å²) in [7, 11) is 0. The Balaban J connectivity index is 1.46. The third kappa shape index (κ3) is 7.21. The van der Waals surface area contributed by atoms with E-state index in [0.717, 1.165) is 70.4 Å². The number of aromatic nitrogens is 2. The molecule has 0 amide bonds. The lowest BCUT2D eigenvalue weighted by Gasteiger charge is -2.36. The van der Waals surface area contributed by atoms with E-state index >= 15 is 0 Å². The molecule has 0 radical (unpaired) electrons. The van der Waals surface area contributed by atoms with E-state index < -0.39 is 0 Å². The first kappa shape index (κ1) is 21.9. The fraction of sp³-hybridized carbons (Fsp3) is 0.667. The Morgan fingerprint density at radius 3 is 2.86 bits per heavy atom. The maximum atomic E-state index is 5.50. The summed E-state index contributed by atoms with van der Waals surface area (Å²) >= 11 is 5.50. The maximum Gasteiger partial charge on any atom is 0.170 e. The van der Waals surface area contributed by atoms with Crippen LogP contribution in [0.15, 0.2) is 24.2 Å². The van der Waals surface area contributed by atoms with Crippen LogP contribution in [0, 0.1) is 0 Å². The number of nitrogens with zero attached hydrogens (tertiary/aromatic N) is 4. The van der Waals surface area contributed by atoms with E-state index in [1.165, 1.54) is 25.7 Å². The molecule has 0 bridgehead atoms. The van der Waals surface area contributed by atoms with Crippen LogP contribution < -0.4 is 15.5 Å². The number of piperazine rings is 1. The highest BCUT2D eigenvalue weighted by Gasteiger charge is 2.20. The Labute approximate surface area is 179 Å². The average Bonchev–Trinajstić information content (AvgIpc) is 2.76. The lowest BCUT2D eigenvalue weighted by molar-refractivity contribution is 0.111. The fourth-order valence-electron chi connectivity index (χ4n) is 3.82. The van der Waals surface area contributed by atoms with E-state index in [4.69, 9.17) is 17.0 Å². The average molecular weight is 419 g/mol. The van der Waals surface area contributed by atoms with E-state index in [0.29, 0.717) is 5.11 Å². The van der Waals surface area contributed by atoms with Crippen molar-refractivity contribution < 1.29 is 4.74 Å². The van der Waals surface area contributed by atoms with Crippen molar-refractivity contribution >= 4 is 28.8 Å². The molecule has 0 saturated carbocycles. The van der Waals surface area contributed by atoms with Gasteiger partial charge in [0, 0.05) is 45.9 Å². The van der Waals surface area contributed by atoms with Gasteiger partial charge in [0.1, 0.15) is 12.0 Å². The molecule has 8 heteroatoms. The zero-order chi connectivity index (χ0) is 20.3. The van der Waals surface area contributed by atoms with Crippen LogP contribution in [0.3, 0.4) is 0 Å². The van der Waals surface area contributed by atoms with E-state index in [1.54, 1.807) is 18.1 Å². The minimum atomic E-state index is 0.632. The number of hydrogen-bond donors (Lipinski definition) is 2. The van der Waals surface area contributed by atoms with Gasteiger partial charge in [0.2, 0.25) is 0 Å². The molecule has 1 saturated heterocycles. The lowest BCUT2D eigenvalue weighted by Crippen LogP contribution is -2.48. The van der Waals surface area contributed by atoms with Crippen LogP contribution in [0.4, 0.5) is 11.5 Å². The molecule has 0 spiro atoms. The van der Waals surface area contributed by atoms with Crippen molar-refractivity contribution in [3.05, 3.63) is 24.2 Å². The molecule has 3 rings (SSSR count). The molecule has 2 aliphatic rings. The van der Waals surface area contributed by atoms with Crippen LogP contribution in [0.1, 0.15) is 39.0 Å². The van der Waals surface area contributed by atoms with Gasteiger partial charge in [-0.2, -0.15) is 0 Å². The van der Waals surface area contributed by atoms with Crippen LogP contribution in [0.25, 0.3) is 0 Å². The summed E-state index contributed by atoms with van der Waals surface area (Å²) in [6.07, 6.45) is 12.0. The molecule has 0 aromatic carbocycles. The highest BCUT2D eigenvalue weighted by Crippen LogP contribution is 2.23. The van der Waals surface area contributed by atoms with Crippen molar-refractivity contribution in [1.82, 2.24) is 20.2 Å². The maximum absolute atomic E-state index is 5.50. The minimum Gasteiger partial charge on any atom is -0.380 e. The van der Waals surface area contributed by atoms with Crippen molar-refractivity contribution in [3.63, 3.8) is 0 Å². The number of hydrogen-bond acceptors (Lipinski definition) is 6. The van der Waals surface area contributed by atoms with E-state index in [-0.39, 0.29) is 0 Å². The summed E-state index contributed by atoms with van der Waals surface area (Å²) in [5.41, 5.74) is 2.42. The summed E-state index contributed by atoms with van der Waals surface area (Å²) in [5.74, 6) is 0.920. The zero-order valence-corrected chi connectivity index (χ0v) is 18.3. The van der Waals surface area contributed by atoms with E-state index in [9.17, 15) is 0 Å². The Bertz CT molecular complexity index is 675. The Morgan fingerprint density at radius 1 is 1.24 bits per heavy atom. The van der Waals surface area contributed by atoms with E-state index in [1.807, 2.05) is 6.92 Å². The second-order valence-electron chi connectivity index (χ2n) is 7.52. The van der Waals surface area contributed by atoms with Gasteiger partial charge in [0.15, 0.2) is 10.9 Å². The van der Waals surface area contributed by atoms with Crippen molar-refractivity contribution in [3.8, 4) is 0 Å². The second-order valence-corrected chi connectivity index (χ2v) is 7.93. The second kappa shape index (κ2) is 12.0. The third-order valence-corrected chi connectivity index (χ3v) is 5.73. The third-order valence-electron chi connectivity index (χ3n) is 5.48. The standard InChI is InChI=1S/C21H34N6OS/c1-2-28-15-14-26-10-12-27(13-11-26)20-19(16-22-17-24-20)25-21(29)23-9-8-18-6-4-3-5-7-18/h6,16-17H,2-5,7-15H2,1H3,(H2,23,25,29). The monoisotopic (exact) mass is 418 g/mol. The number of rotatable bonds is 9. The normalized spacial score (nSPS) is 17.7. The van der Waals surface area contributed by atoms with Crippen LogP contribution >= 0.6 is 12.2 Å². The largest absolute Gasteiger partial charge is 0.380 e. The highest BCUT2D eigenvalue weighted by atomic mass is 32.1. The number of allylic oxidation sites excluding steroid dienone is 1. The van der Waals surface area contributed by atoms with Gasteiger partial charge in [0.25, 0.3) is 0 Å². The summed E-state index contributed by atoms with van der Waals surface area (Å²) in [5, 5.41) is 7.26. The predicted molar refractivity (Wildman–Crippen MR) is 123 cm³/mol. The van der Waals surface area contributed by atoms with Gasteiger partial charge < -0.3 is 20.3 Å². The summed E-state index contributed by atoms with van der Waals surface area (Å²) < 4.78 is 5.47. The van der Waals surface area contributed by atoms with Gasteiger partial charge in [-0.15, -0.1) is 0 Å². The molecule has 1 fully saturated rings. The Hall–Kier alpha value is -1.77. The first-order valence-electron chi connectivity index (χ1n) is 10.8. The molecule has 2 N–H and O–H groups in total. The van der Waals surface area contributed by atoms with Crippen molar-refractivity contribution in [2.45, 2.75) is 39.0 Å². The van der Waals surface area contributed by atoms with Crippen LogP contribution in [-0.4, -0.2) is 72.5 Å². The molecule has 0 unspecified atom stereocenters. The van der Waals surface area contributed by atoms with Gasteiger partial charge in [-0.25, -0.2) is 9.97 Å². The number of nitrogens with one attached hydrogen (secondary N) is 2. The quantitative estimate of drug-likeness (QED) is 0.361. The van der Waals surface area contributed by atoms with Crippen LogP contribution in [0.2, 0.25) is 0 Å². The predicted octanol–water partition coefficient (Wildman–Crippen LogP) is 2.81. The summed E-state index contributed by atoms with van der Waals surface area (Å²) in [6.45, 7) is 9.35. The lowest BCUT2D eigenvalue weighted by atomic mass is 9.97. The molecule has 1 aromatic rings. The summed E-state index contributed by atoms with van der Waals surface area (Å²) in [4.78, 5) is 13.4. The molecule has 1 aromatic heterocycles. The molecule has 7 nitrogen and oxygen atoms in total. The Morgan fingerprint density at radius 2 is 2.10 bits per heavy atom. The van der Waals surface area contributed by atoms with Crippen molar-refractivity contribution in [2.75, 3.05) is 62.7 Å². The van der Waals surface area contributed by atoms with Gasteiger partial charge in [-0.05, 0) is 51.2 Å².